The van der Waals surface area contributed by atoms with Crippen LogP contribution in [0.3, 0.4) is 0 Å². The summed E-state index contributed by atoms with van der Waals surface area (Å²) < 4.78 is 28.3. The van der Waals surface area contributed by atoms with E-state index < -0.39 is 19.0 Å². The van der Waals surface area contributed by atoms with E-state index in [2.05, 4.69) is 4.74 Å². The Morgan fingerprint density at radius 1 is 1.59 bits per heavy atom. The molecule has 1 aromatic rings. The Hall–Kier alpha value is -2.36. The van der Waals surface area contributed by atoms with Crippen LogP contribution in [0.4, 0.5) is 14.5 Å². The zero-order valence-electron chi connectivity index (χ0n) is 8.48. The molecule has 7 heteroatoms. The SMILES string of the molecule is N#Cc1ccc(OC(F)F)c(CC(=O)O)c1N. The van der Waals surface area contributed by atoms with Crippen LogP contribution in [0, 0.1) is 11.3 Å². The van der Waals surface area contributed by atoms with Crippen LogP contribution in [0.15, 0.2) is 12.1 Å². The van der Waals surface area contributed by atoms with Crippen LogP contribution >= 0.6 is 0 Å². The van der Waals surface area contributed by atoms with Crippen LogP contribution < -0.4 is 10.5 Å². The van der Waals surface area contributed by atoms with E-state index in [1.165, 1.54) is 6.07 Å². The maximum Gasteiger partial charge on any atom is 0.387 e. The Kier molecular flexibility index (Phi) is 3.82. The van der Waals surface area contributed by atoms with Crippen LogP contribution in [0.2, 0.25) is 0 Å². The molecule has 0 bridgehead atoms. The minimum atomic E-state index is -3.09. The van der Waals surface area contributed by atoms with E-state index in [1.54, 1.807) is 6.07 Å². The number of rotatable bonds is 4. The topological polar surface area (TPSA) is 96.3 Å². The number of carboxylic acid groups (broad SMARTS) is 1. The van der Waals surface area contributed by atoms with Gasteiger partial charge < -0.3 is 15.6 Å². The lowest BCUT2D eigenvalue weighted by molar-refractivity contribution is -0.136. The minimum absolute atomic E-state index is 0.0165. The molecule has 0 radical (unpaired) electrons. The van der Waals surface area contributed by atoms with Gasteiger partial charge in [0.05, 0.1) is 17.7 Å². The van der Waals surface area contributed by atoms with Gasteiger partial charge in [0.2, 0.25) is 0 Å². The third kappa shape index (κ3) is 3.04. The highest BCUT2D eigenvalue weighted by Crippen LogP contribution is 2.29. The Bertz CT molecular complexity index is 483. The Balaban J connectivity index is 3.26. The first kappa shape index (κ1) is 12.7. The largest absolute Gasteiger partial charge is 0.481 e. The van der Waals surface area contributed by atoms with Gasteiger partial charge >= 0.3 is 12.6 Å². The summed E-state index contributed by atoms with van der Waals surface area (Å²) in [6.45, 7) is -3.09. The van der Waals surface area contributed by atoms with Crippen LogP contribution in [-0.4, -0.2) is 17.7 Å². The van der Waals surface area contributed by atoms with Crippen molar-refractivity contribution in [2.75, 3.05) is 5.73 Å². The lowest BCUT2D eigenvalue weighted by atomic mass is 10.0. The number of ether oxygens (including phenoxy) is 1. The molecule has 0 spiro atoms. The third-order valence-electron chi connectivity index (χ3n) is 1.98. The number of nitrogens with zero attached hydrogens (tertiary/aromatic N) is 1. The van der Waals surface area contributed by atoms with Crippen molar-refractivity contribution < 1.29 is 23.4 Å². The van der Waals surface area contributed by atoms with E-state index in [4.69, 9.17) is 16.1 Å². The average Bonchev–Trinajstić information content (AvgIpc) is 2.22. The standard InChI is InChI=1S/C10H8F2N2O3/c11-10(12)17-7-2-1-5(4-13)9(14)6(7)3-8(15)16/h1-2,10H,3,14H2,(H,15,16). The zero-order valence-corrected chi connectivity index (χ0v) is 8.48. The monoisotopic (exact) mass is 242 g/mol. The molecule has 0 saturated carbocycles. The number of nitrogen functional groups attached to an aromatic ring is 1. The first-order chi connectivity index (χ1) is 7.95. The van der Waals surface area contributed by atoms with Crippen molar-refractivity contribution in [2.24, 2.45) is 0 Å². The van der Waals surface area contributed by atoms with Gasteiger partial charge in [0.25, 0.3) is 0 Å². The molecule has 0 amide bonds. The molecule has 0 atom stereocenters. The van der Waals surface area contributed by atoms with Crippen molar-refractivity contribution in [3.8, 4) is 11.8 Å². The summed E-state index contributed by atoms with van der Waals surface area (Å²) >= 11 is 0. The van der Waals surface area contributed by atoms with Crippen LogP contribution in [0.5, 0.6) is 5.75 Å². The molecule has 3 N–H and O–H groups in total. The molecule has 90 valence electrons. The van der Waals surface area contributed by atoms with Gasteiger partial charge in [-0.2, -0.15) is 14.0 Å². The molecule has 0 heterocycles. The Morgan fingerprint density at radius 3 is 2.71 bits per heavy atom. The van der Waals surface area contributed by atoms with Gasteiger partial charge in [0.1, 0.15) is 11.8 Å². The molecule has 0 aliphatic carbocycles. The Morgan fingerprint density at radius 2 is 2.24 bits per heavy atom. The first-order valence-electron chi connectivity index (χ1n) is 4.43. The molecule has 1 aromatic carbocycles. The van der Waals surface area contributed by atoms with Gasteiger partial charge in [-0.3, -0.25) is 4.79 Å². The highest BCUT2D eigenvalue weighted by Gasteiger charge is 2.17. The van der Waals surface area contributed by atoms with Gasteiger partial charge in [-0.1, -0.05) is 0 Å². The van der Waals surface area contributed by atoms with Crippen molar-refractivity contribution in [3.05, 3.63) is 23.3 Å². The van der Waals surface area contributed by atoms with Crippen LogP contribution in [0.1, 0.15) is 11.1 Å². The van der Waals surface area contributed by atoms with E-state index >= 15 is 0 Å². The number of nitrogens with two attached hydrogens (primary N) is 1. The number of alkyl halides is 2. The predicted octanol–water partition coefficient (Wildman–Crippen LogP) is 1.37. The van der Waals surface area contributed by atoms with Crippen LogP contribution in [-0.2, 0) is 11.2 Å². The number of aliphatic carboxylic acids is 1. The van der Waals surface area contributed by atoms with E-state index in [0.717, 1.165) is 6.07 Å². The second-order valence-electron chi connectivity index (χ2n) is 3.06. The maximum absolute atomic E-state index is 12.1. The fourth-order valence-electron chi connectivity index (χ4n) is 1.28. The molecule has 0 fully saturated rings. The first-order valence-corrected chi connectivity index (χ1v) is 4.43. The molecular weight excluding hydrogens is 234 g/mol. The minimum Gasteiger partial charge on any atom is -0.481 e. The molecule has 17 heavy (non-hydrogen) atoms. The van der Waals surface area contributed by atoms with Gasteiger partial charge in [0.15, 0.2) is 0 Å². The van der Waals surface area contributed by atoms with E-state index in [1.807, 2.05) is 0 Å². The number of carbonyl (C=O) groups is 1. The number of hydrogen-bond donors (Lipinski definition) is 2. The molecule has 5 nitrogen and oxygen atoms in total. The van der Waals surface area contributed by atoms with Gasteiger partial charge in [-0.25, -0.2) is 0 Å². The van der Waals surface area contributed by atoms with Crippen molar-refractivity contribution in [1.82, 2.24) is 0 Å². The van der Waals surface area contributed by atoms with E-state index in [9.17, 15) is 13.6 Å². The molecule has 0 aliphatic heterocycles. The van der Waals surface area contributed by atoms with Gasteiger partial charge in [-0.05, 0) is 12.1 Å². The molecule has 1 rings (SSSR count). The Labute approximate surface area is 95.0 Å². The highest BCUT2D eigenvalue weighted by atomic mass is 19.3. The quantitative estimate of drug-likeness (QED) is 0.777. The van der Waals surface area contributed by atoms with Crippen molar-refractivity contribution in [1.29, 1.82) is 5.26 Å². The number of benzene rings is 1. The summed E-state index contributed by atoms with van der Waals surface area (Å²) in [7, 11) is 0. The lowest BCUT2D eigenvalue weighted by Crippen LogP contribution is -2.10. The smallest absolute Gasteiger partial charge is 0.387 e. The number of anilines is 1. The maximum atomic E-state index is 12.1. The summed E-state index contributed by atoms with van der Waals surface area (Å²) in [5.41, 5.74) is 5.24. The average molecular weight is 242 g/mol. The summed E-state index contributed by atoms with van der Waals surface area (Å²) in [5, 5.41) is 17.3. The van der Waals surface area contributed by atoms with Gasteiger partial charge in [0, 0.05) is 5.56 Å². The highest BCUT2D eigenvalue weighted by molar-refractivity contribution is 5.76. The fourth-order valence-corrected chi connectivity index (χ4v) is 1.28. The van der Waals surface area contributed by atoms with E-state index in [-0.39, 0.29) is 22.6 Å². The summed E-state index contributed by atoms with van der Waals surface area (Å²) in [6.07, 6.45) is -0.594. The number of halogens is 2. The van der Waals surface area contributed by atoms with Crippen molar-refractivity contribution in [3.63, 3.8) is 0 Å². The fraction of sp³-hybridized carbons (Fsp3) is 0.200. The summed E-state index contributed by atoms with van der Waals surface area (Å²) in [5.74, 6) is -1.59. The number of carboxylic acids is 1. The van der Waals surface area contributed by atoms with Crippen molar-refractivity contribution in [2.45, 2.75) is 13.0 Å². The zero-order chi connectivity index (χ0) is 13.0. The summed E-state index contributed by atoms with van der Waals surface area (Å²) in [4.78, 5) is 10.6. The number of hydrogen-bond acceptors (Lipinski definition) is 4. The second kappa shape index (κ2) is 5.12. The van der Waals surface area contributed by atoms with Crippen molar-refractivity contribution >= 4 is 11.7 Å². The van der Waals surface area contributed by atoms with E-state index in [0.29, 0.717) is 0 Å². The van der Waals surface area contributed by atoms with Gasteiger partial charge in [-0.15, -0.1) is 0 Å². The molecule has 0 unspecified atom stereocenters. The normalized spacial score (nSPS) is 10.0. The lowest BCUT2D eigenvalue weighted by Gasteiger charge is -2.12. The predicted molar refractivity (Wildman–Crippen MR) is 53.5 cm³/mol. The molecular formula is C10H8F2N2O3. The molecule has 0 aromatic heterocycles. The van der Waals surface area contributed by atoms with Crippen LogP contribution in [0.25, 0.3) is 0 Å². The third-order valence-corrected chi connectivity index (χ3v) is 1.98. The second-order valence-corrected chi connectivity index (χ2v) is 3.06. The summed E-state index contributed by atoms with van der Waals surface area (Å²) in [6, 6.07) is 4.02. The number of nitriles is 1. The molecule has 0 saturated heterocycles. The molecule has 0 aliphatic rings.